The maximum absolute atomic E-state index is 12.4. The molecule has 150 valence electrons. The number of thioether (sulfide) groups is 1. The second kappa shape index (κ2) is 10.7. The van der Waals surface area contributed by atoms with Crippen molar-refractivity contribution in [1.29, 1.82) is 0 Å². The van der Waals surface area contributed by atoms with Crippen LogP contribution in [0.3, 0.4) is 0 Å². The summed E-state index contributed by atoms with van der Waals surface area (Å²) in [6, 6.07) is 14.9. The van der Waals surface area contributed by atoms with Gasteiger partial charge in [-0.15, -0.1) is 11.8 Å². The first kappa shape index (κ1) is 21.8. The van der Waals surface area contributed by atoms with E-state index in [9.17, 15) is 9.59 Å². The van der Waals surface area contributed by atoms with Gasteiger partial charge in [-0.2, -0.15) is 0 Å². The van der Waals surface area contributed by atoms with Gasteiger partial charge in [0.15, 0.2) is 12.6 Å². The van der Waals surface area contributed by atoms with E-state index in [2.05, 4.69) is 10.6 Å². The molecule has 0 aromatic heterocycles. The van der Waals surface area contributed by atoms with Gasteiger partial charge >= 0.3 is 0 Å². The molecule has 2 amide bonds. The first-order valence-electron chi connectivity index (χ1n) is 9.10. The molecular formula is C21H28N3O3S+. The number of carbonyl (C=O) groups excluding carboxylic acids is 2. The lowest BCUT2D eigenvalue weighted by Crippen LogP contribution is -3.15. The number of likely N-dealkylation sites (N-methyl/N-ethyl adjacent to an activating group) is 1. The number of ether oxygens (including phenoxy) is 1. The molecule has 0 saturated heterocycles. The monoisotopic (exact) mass is 402 g/mol. The van der Waals surface area contributed by atoms with Gasteiger partial charge in [0, 0.05) is 11.4 Å². The molecule has 0 aliphatic carbocycles. The minimum Gasteiger partial charge on any atom is -0.497 e. The van der Waals surface area contributed by atoms with Gasteiger partial charge in [-0.25, -0.2) is 0 Å². The molecule has 3 N–H and O–H groups in total. The lowest BCUT2D eigenvalue weighted by Gasteiger charge is -2.21. The molecule has 0 spiro atoms. The van der Waals surface area contributed by atoms with E-state index < -0.39 is 0 Å². The molecule has 2 atom stereocenters. The second-order valence-corrected chi connectivity index (χ2v) is 7.41. The van der Waals surface area contributed by atoms with Crippen LogP contribution in [0.2, 0.25) is 0 Å². The average molecular weight is 403 g/mol. The number of rotatable bonds is 9. The molecule has 0 bridgehead atoms. The predicted octanol–water partition coefficient (Wildman–Crippen LogP) is 1.58. The molecule has 0 fully saturated rings. The van der Waals surface area contributed by atoms with Crippen LogP contribution in [-0.4, -0.2) is 44.8 Å². The third kappa shape index (κ3) is 6.28. The lowest BCUT2D eigenvalue weighted by molar-refractivity contribution is -0.885. The molecule has 1 unspecified atom stereocenters. The Bertz CT molecular complexity index is 796. The van der Waals surface area contributed by atoms with E-state index in [4.69, 9.17) is 4.74 Å². The number of methoxy groups -OCH3 is 1. The fraction of sp³-hybridized carbons (Fsp3) is 0.333. The SMILES string of the molecule is COc1ccc(CNC(=O)[C@@H](C)[NH+](C)CC(=O)Nc2ccccc2SC)cc1. The van der Waals surface area contributed by atoms with Crippen LogP contribution in [0.25, 0.3) is 0 Å². The van der Waals surface area contributed by atoms with Crippen LogP contribution in [0.1, 0.15) is 12.5 Å². The standard InChI is InChI=1S/C21H27N3O3S/c1-15(21(26)22-13-16-9-11-17(27-3)12-10-16)24(2)14-20(25)23-18-7-5-6-8-19(18)28-4/h5-12,15H,13-14H2,1-4H3,(H,22,26)(H,23,25)/p+1/t15-/m1/s1. The summed E-state index contributed by atoms with van der Waals surface area (Å²) in [6.07, 6.45) is 1.97. The van der Waals surface area contributed by atoms with Gasteiger partial charge in [0.2, 0.25) is 0 Å². The van der Waals surface area contributed by atoms with Crippen molar-refractivity contribution < 1.29 is 19.2 Å². The van der Waals surface area contributed by atoms with E-state index in [1.54, 1.807) is 18.9 Å². The van der Waals surface area contributed by atoms with Crippen LogP contribution < -0.4 is 20.3 Å². The van der Waals surface area contributed by atoms with Crippen molar-refractivity contribution in [2.75, 3.05) is 32.3 Å². The quantitative estimate of drug-likeness (QED) is 0.557. The Morgan fingerprint density at radius 1 is 1.14 bits per heavy atom. The smallest absolute Gasteiger partial charge is 0.279 e. The number of amides is 2. The van der Waals surface area contributed by atoms with E-state index in [0.29, 0.717) is 6.54 Å². The molecule has 28 heavy (non-hydrogen) atoms. The number of benzene rings is 2. The minimum atomic E-state index is -0.347. The van der Waals surface area contributed by atoms with E-state index in [1.807, 2.05) is 68.8 Å². The number of carbonyl (C=O) groups is 2. The summed E-state index contributed by atoms with van der Waals surface area (Å²) in [4.78, 5) is 26.6. The van der Waals surface area contributed by atoms with E-state index in [0.717, 1.165) is 26.8 Å². The van der Waals surface area contributed by atoms with Crippen molar-refractivity contribution in [2.24, 2.45) is 0 Å². The van der Waals surface area contributed by atoms with Crippen LogP contribution in [0.15, 0.2) is 53.4 Å². The van der Waals surface area contributed by atoms with E-state index >= 15 is 0 Å². The molecular weight excluding hydrogens is 374 g/mol. The zero-order chi connectivity index (χ0) is 20.5. The van der Waals surface area contributed by atoms with E-state index in [1.165, 1.54) is 0 Å². The summed E-state index contributed by atoms with van der Waals surface area (Å²) < 4.78 is 5.13. The van der Waals surface area contributed by atoms with Crippen molar-refractivity contribution in [3.05, 3.63) is 54.1 Å². The Kier molecular flexibility index (Phi) is 8.35. The summed E-state index contributed by atoms with van der Waals surface area (Å²) in [5.41, 5.74) is 1.79. The van der Waals surface area contributed by atoms with Crippen molar-refractivity contribution >= 4 is 29.3 Å². The Morgan fingerprint density at radius 3 is 2.46 bits per heavy atom. The zero-order valence-electron chi connectivity index (χ0n) is 16.7. The highest BCUT2D eigenvalue weighted by atomic mass is 32.2. The maximum atomic E-state index is 12.4. The highest BCUT2D eigenvalue weighted by Gasteiger charge is 2.24. The van der Waals surface area contributed by atoms with Gasteiger partial charge < -0.3 is 20.3 Å². The van der Waals surface area contributed by atoms with Crippen molar-refractivity contribution in [2.45, 2.75) is 24.4 Å². The summed E-state index contributed by atoms with van der Waals surface area (Å²) in [7, 11) is 3.46. The first-order valence-corrected chi connectivity index (χ1v) is 10.3. The lowest BCUT2D eigenvalue weighted by atomic mass is 10.2. The van der Waals surface area contributed by atoms with Crippen LogP contribution >= 0.6 is 11.8 Å². The molecule has 7 heteroatoms. The number of quaternary nitrogens is 1. The zero-order valence-corrected chi connectivity index (χ0v) is 17.6. The number of hydrogen-bond acceptors (Lipinski definition) is 4. The molecule has 0 saturated carbocycles. The van der Waals surface area contributed by atoms with Crippen LogP contribution in [0, 0.1) is 0 Å². The fourth-order valence-corrected chi connectivity index (χ4v) is 3.21. The molecule has 0 aliphatic rings. The van der Waals surface area contributed by atoms with Gasteiger partial charge in [0.05, 0.1) is 19.8 Å². The van der Waals surface area contributed by atoms with Crippen molar-refractivity contribution in [3.63, 3.8) is 0 Å². The van der Waals surface area contributed by atoms with Crippen LogP contribution in [0.5, 0.6) is 5.75 Å². The average Bonchev–Trinajstić information content (AvgIpc) is 2.72. The molecule has 0 radical (unpaired) electrons. The normalized spacial score (nSPS) is 12.7. The third-order valence-electron chi connectivity index (χ3n) is 4.58. The molecule has 0 heterocycles. The van der Waals surface area contributed by atoms with Gasteiger partial charge in [-0.05, 0) is 43.0 Å². The Labute approximate surface area is 170 Å². The topological polar surface area (TPSA) is 71.9 Å². The van der Waals surface area contributed by atoms with Crippen molar-refractivity contribution in [3.8, 4) is 5.75 Å². The molecule has 6 nitrogen and oxygen atoms in total. The van der Waals surface area contributed by atoms with Crippen LogP contribution in [-0.2, 0) is 16.1 Å². The first-order chi connectivity index (χ1) is 13.4. The van der Waals surface area contributed by atoms with E-state index in [-0.39, 0.29) is 24.4 Å². The summed E-state index contributed by atoms with van der Waals surface area (Å²) in [5, 5.41) is 5.85. The summed E-state index contributed by atoms with van der Waals surface area (Å²) >= 11 is 1.58. The predicted molar refractivity (Wildman–Crippen MR) is 113 cm³/mol. The summed E-state index contributed by atoms with van der Waals surface area (Å²) in [6.45, 7) is 2.47. The Morgan fingerprint density at radius 2 is 1.82 bits per heavy atom. The minimum absolute atomic E-state index is 0.0920. The third-order valence-corrected chi connectivity index (χ3v) is 5.37. The number of nitrogens with one attached hydrogen (secondary N) is 3. The summed E-state index contributed by atoms with van der Waals surface area (Å²) in [5.74, 6) is 0.570. The molecule has 2 rings (SSSR count). The van der Waals surface area contributed by atoms with Crippen LogP contribution in [0.4, 0.5) is 5.69 Å². The largest absolute Gasteiger partial charge is 0.497 e. The number of anilines is 1. The second-order valence-electron chi connectivity index (χ2n) is 6.56. The number of para-hydroxylation sites is 1. The highest BCUT2D eigenvalue weighted by molar-refractivity contribution is 7.98. The Hall–Kier alpha value is -2.51. The molecule has 2 aromatic rings. The van der Waals surface area contributed by atoms with Gasteiger partial charge in [0.25, 0.3) is 11.8 Å². The van der Waals surface area contributed by atoms with Gasteiger partial charge in [0.1, 0.15) is 5.75 Å². The highest BCUT2D eigenvalue weighted by Crippen LogP contribution is 2.24. The molecule has 2 aromatic carbocycles. The van der Waals surface area contributed by atoms with Crippen molar-refractivity contribution in [1.82, 2.24) is 5.32 Å². The van der Waals surface area contributed by atoms with Gasteiger partial charge in [-0.3, -0.25) is 9.59 Å². The number of hydrogen-bond donors (Lipinski definition) is 3. The fourth-order valence-electron chi connectivity index (χ4n) is 2.66. The molecule has 0 aliphatic heterocycles. The van der Waals surface area contributed by atoms with Gasteiger partial charge in [-0.1, -0.05) is 24.3 Å². The maximum Gasteiger partial charge on any atom is 0.279 e. The Balaban J connectivity index is 1.83.